The average molecular weight is 438 g/mol. The Labute approximate surface area is 190 Å². The Morgan fingerprint density at radius 2 is 1.35 bits per heavy atom. The van der Waals surface area contributed by atoms with E-state index in [0.717, 1.165) is 51.4 Å². The quantitative estimate of drug-likeness (QED) is 0.189. The summed E-state index contributed by atoms with van der Waals surface area (Å²) in [7, 11) is 0. The van der Waals surface area contributed by atoms with Gasteiger partial charge in [-0.25, -0.2) is 0 Å². The van der Waals surface area contributed by atoms with Crippen molar-refractivity contribution in [1.82, 2.24) is 16.0 Å². The third-order valence-electron chi connectivity index (χ3n) is 5.25. The van der Waals surface area contributed by atoms with Crippen LogP contribution in [-0.4, -0.2) is 36.9 Å². The fourth-order valence-corrected chi connectivity index (χ4v) is 3.24. The lowest BCUT2D eigenvalue weighted by molar-refractivity contribution is -0.129. The number of amides is 3. The highest BCUT2D eigenvalue weighted by molar-refractivity contribution is 5.88. The molecule has 6 heteroatoms. The molecular formula is C25H47N3O3. The van der Waals surface area contributed by atoms with E-state index >= 15 is 0 Å². The summed E-state index contributed by atoms with van der Waals surface area (Å²) in [5.41, 5.74) is 0. The van der Waals surface area contributed by atoms with E-state index in [1.54, 1.807) is 0 Å². The van der Waals surface area contributed by atoms with Crippen LogP contribution in [0.3, 0.4) is 0 Å². The van der Waals surface area contributed by atoms with Crippen molar-refractivity contribution in [2.24, 2.45) is 0 Å². The second-order valence-corrected chi connectivity index (χ2v) is 8.24. The Balaban J connectivity index is 4.26. The molecule has 0 aromatic rings. The van der Waals surface area contributed by atoms with Gasteiger partial charge in [0.25, 0.3) is 0 Å². The van der Waals surface area contributed by atoms with Gasteiger partial charge in [0.1, 0.15) is 6.04 Å². The first-order chi connectivity index (χ1) is 15.0. The van der Waals surface area contributed by atoms with Crippen molar-refractivity contribution in [3.05, 3.63) is 12.2 Å². The van der Waals surface area contributed by atoms with Crippen LogP contribution in [0.4, 0.5) is 0 Å². The summed E-state index contributed by atoms with van der Waals surface area (Å²) >= 11 is 0. The first-order valence-corrected chi connectivity index (χ1v) is 12.5. The molecule has 0 fully saturated rings. The first kappa shape index (κ1) is 29.1. The third-order valence-corrected chi connectivity index (χ3v) is 5.25. The summed E-state index contributed by atoms with van der Waals surface area (Å²) < 4.78 is 0. The standard InChI is InChI=1S/C25H47N3O3/c1-4-7-10-11-12-13-14-15-16-17-24(30)28-22(25(31)27-21-9-6-3)18-19-23(29)26-20-8-5-2/h4,7,22H,5-6,8-21H2,1-3H3,(H,26,29)(H,27,31)(H,28,30)/b7-4+/t22-/m0/s1. The van der Waals surface area contributed by atoms with Crippen LogP contribution in [0.25, 0.3) is 0 Å². The van der Waals surface area contributed by atoms with Crippen molar-refractivity contribution in [2.75, 3.05) is 13.1 Å². The zero-order valence-corrected chi connectivity index (χ0v) is 20.3. The number of carbonyl (C=O) groups excluding carboxylic acids is 3. The SMILES string of the molecule is C/C=C/CCCCCCCCC(=O)N[C@@H](CCC(=O)NCCCC)C(=O)NCCCC. The van der Waals surface area contributed by atoms with Gasteiger partial charge in [0.2, 0.25) is 17.7 Å². The Morgan fingerprint density at radius 3 is 2.00 bits per heavy atom. The van der Waals surface area contributed by atoms with Crippen molar-refractivity contribution >= 4 is 17.7 Å². The Hall–Kier alpha value is -1.85. The molecule has 0 aliphatic rings. The summed E-state index contributed by atoms with van der Waals surface area (Å²) in [6, 6.07) is -0.645. The molecule has 0 rings (SSSR count). The molecule has 0 aromatic carbocycles. The molecule has 0 spiro atoms. The average Bonchev–Trinajstić information content (AvgIpc) is 2.75. The van der Waals surface area contributed by atoms with E-state index in [1.807, 2.05) is 6.92 Å². The fraction of sp³-hybridized carbons (Fsp3) is 0.800. The molecule has 0 aliphatic carbocycles. The van der Waals surface area contributed by atoms with Crippen molar-refractivity contribution in [2.45, 2.75) is 117 Å². The van der Waals surface area contributed by atoms with E-state index in [-0.39, 0.29) is 24.1 Å². The van der Waals surface area contributed by atoms with Gasteiger partial charge >= 0.3 is 0 Å². The second kappa shape index (κ2) is 21.4. The van der Waals surface area contributed by atoms with Crippen LogP contribution in [0.2, 0.25) is 0 Å². The van der Waals surface area contributed by atoms with Gasteiger partial charge in [-0.15, -0.1) is 0 Å². The van der Waals surface area contributed by atoms with Crippen LogP contribution in [0.5, 0.6) is 0 Å². The van der Waals surface area contributed by atoms with Crippen molar-refractivity contribution in [3.8, 4) is 0 Å². The molecule has 0 saturated heterocycles. The summed E-state index contributed by atoms with van der Waals surface area (Å²) in [5.74, 6) is -0.358. The summed E-state index contributed by atoms with van der Waals surface area (Å²) in [6.07, 6.45) is 17.0. The number of allylic oxidation sites excluding steroid dienone is 2. The maximum absolute atomic E-state index is 12.5. The van der Waals surface area contributed by atoms with Gasteiger partial charge in [-0.1, -0.05) is 64.5 Å². The van der Waals surface area contributed by atoms with Crippen LogP contribution in [0.1, 0.15) is 111 Å². The number of rotatable bonds is 20. The van der Waals surface area contributed by atoms with Crippen molar-refractivity contribution < 1.29 is 14.4 Å². The van der Waals surface area contributed by atoms with Crippen LogP contribution in [0.15, 0.2) is 12.2 Å². The molecule has 0 aromatic heterocycles. The summed E-state index contributed by atoms with van der Waals surface area (Å²) in [5, 5.41) is 8.60. The molecule has 0 saturated carbocycles. The minimum absolute atomic E-state index is 0.0662. The smallest absolute Gasteiger partial charge is 0.242 e. The van der Waals surface area contributed by atoms with E-state index in [9.17, 15) is 14.4 Å². The molecular weight excluding hydrogens is 390 g/mol. The predicted octanol–water partition coefficient (Wildman–Crippen LogP) is 4.78. The highest BCUT2D eigenvalue weighted by atomic mass is 16.2. The number of nitrogens with one attached hydrogen (secondary N) is 3. The number of unbranched alkanes of at least 4 members (excludes halogenated alkanes) is 8. The maximum Gasteiger partial charge on any atom is 0.242 e. The van der Waals surface area contributed by atoms with Gasteiger partial charge in [-0.3, -0.25) is 14.4 Å². The van der Waals surface area contributed by atoms with Crippen molar-refractivity contribution in [3.63, 3.8) is 0 Å². The summed E-state index contributed by atoms with van der Waals surface area (Å²) in [4.78, 5) is 36.8. The molecule has 0 aliphatic heterocycles. The van der Waals surface area contributed by atoms with Gasteiger partial charge in [-0.2, -0.15) is 0 Å². The lowest BCUT2D eigenvalue weighted by atomic mass is 10.1. The molecule has 3 N–H and O–H groups in total. The van der Waals surface area contributed by atoms with E-state index in [4.69, 9.17) is 0 Å². The molecule has 6 nitrogen and oxygen atoms in total. The normalized spacial score (nSPS) is 12.0. The lowest BCUT2D eigenvalue weighted by Gasteiger charge is -2.18. The molecule has 31 heavy (non-hydrogen) atoms. The Kier molecular flexibility index (Phi) is 20.1. The molecule has 0 heterocycles. The van der Waals surface area contributed by atoms with Crippen LogP contribution < -0.4 is 16.0 Å². The largest absolute Gasteiger partial charge is 0.356 e. The topological polar surface area (TPSA) is 87.3 Å². The second-order valence-electron chi connectivity index (χ2n) is 8.24. The number of hydrogen-bond donors (Lipinski definition) is 3. The minimum Gasteiger partial charge on any atom is -0.356 e. The molecule has 0 bridgehead atoms. The maximum atomic E-state index is 12.5. The van der Waals surface area contributed by atoms with E-state index < -0.39 is 6.04 Å². The monoisotopic (exact) mass is 437 g/mol. The van der Waals surface area contributed by atoms with Crippen molar-refractivity contribution in [1.29, 1.82) is 0 Å². The Bertz CT molecular complexity index is 506. The Morgan fingerprint density at radius 1 is 0.742 bits per heavy atom. The minimum atomic E-state index is -0.645. The van der Waals surface area contributed by atoms with Gasteiger partial charge in [0, 0.05) is 25.9 Å². The van der Waals surface area contributed by atoms with Gasteiger partial charge < -0.3 is 16.0 Å². The molecule has 0 radical (unpaired) electrons. The zero-order valence-electron chi connectivity index (χ0n) is 20.3. The molecule has 180 valence electrons. The van der Waals surface area contributed by atoms with Gasteiger partial charge in [-0.05, 0) is 45.4 Å². The van der Waals surface area contributed by atoms with E-state index in [1.165, 1.54) is 19.3 Å². The predicted molar refractivity (Wildman–Crippen MR) is 129 cm³/mol. The van der Waals surface area contributed by atoms with E-state index in [0.29, 0.717) is 25.9 Å². The van der Waals surface area contributed by atoms with Crippen LogP contribution >= 0.6 is 0 Å². The fourth-order valence-electron chi connectivity index (χ4n) is 3.24. The zero-order chi connectivity index (χ0) is 23.2. The highest BCUT2D eigenvalue weighted by Gasteiger charge is 2.21. The van der Waals surface area contributed by atoms with Crippen LogP contribution in [-0.2, 0) is 14.4 Å². The highest BCUT2D eigenvalue weighted by Crippen LogP contribution is 2.09. The van der Waals surface area contributed by atoms with Gasteiger partial charge in [0.05, 0.1) is 0 Å². The number of carbonyl (C=O) groups is 3. The van der Waals surface area contributed by atoms with E-state index in [2.05, 4.69) is 41.9 Å². The lowest BCUT2D eigenvalue weighted by Crippen LogP contribution is -2.47. The molecule has 0 unspecified atom stereocenters. The van der Waals surface area contributed by atoms with Crippen LogP contribution in [0, 0.1) is 0 Å². The first-order valence-electron chi connectivity index (χ1n) is 12.5. The third kappa shape index (κ3) is 18.6. The van der Waals surface area contributed by atoms with Gasteiger partial charge in [0.15, 0.2) is 0 Å². The number of hydrogen-bond acceptors (Lipinski definition) is 3. The molecule has 1 atom stereocenters. The molecule has 3 amide bonds. The summed E-state index contributed by atoms with van der Waals surface area (Å²) in [6.45, 7) is 7.44.